The van der Waals surface area contributed by atoms with Gasteiger partial charge in [-0.3, -0.25) is 0 Å². The van der Waals surface area contributed by atoms with Crippen molar-refractivity contribution in [2.24, 2.45) is 0 Å². The van der Waals surface area contributed by atoms with Gasteiger partial charge in [0.05, 0.1) is 49.8 Å². The first kappa shape index (κ1) is 59.3. The maximum absolute atomic E-state index is 10.1. The Hall–Kier alpha value is -12.6. The molecule has 0 radical (unpaired) electrons. The van der Waals surface area contributed by atoms with Gasteiger partial charge in [0.25, 0.3) is 6.71 Å². The van der Waals surface area contributed by atoms with Gasteiger partial charge in [0.15, 0.2) is 0 Å². The summed E-state index contributed by atoms with van der Waals surface area (Å²) in [5.41, 5.74) is 24.7. The van der Waals surface area contributed by atoms with E-state index in [4.69, 9.17) is 0 Å². The van der Waals surface area contributed by atoms with E-state index in [0.29, 0.717) is 5.69 Å². The molecule has 0 fully saturated rings. The van der Waals surface area contributed by atoms with E-state index in [2.05, 4.69) is 363 Å². The van der Waals surface area contributed by atoms with E-state index in [-0.39, 0.29) is 55.6 Å². The average Bonchev–Trinajstić information content (AvgIpc) is 1.45. The van der Waals surface area contributed by atoms with Gasteiger partial charge < -0.3 is 23.8 Å². The summed E-state index contributed by atoms with van der Waals surface area (Å²) in [6, 6.07) is 92.9. The van der Waals surface area contributed by atoms with Crippen LogP contribution in [0.4, 0.5) is 28.4 Å². The fraction of sp³-hybridized carbons (Fsp3) is 0.151. The monoisotopic (exact) mass is 1450 g/mol. The average molecular weight is 1450 g/mol. The molecule has 0 saturated carbocycles. The van der Waals surface area contributed by atoms with Crippen LogP contribution >= 0.6 is 0 Å². The molecule has 0 bridgehead atoms. The van der Waals surface area contributed by atoms with Gasteiger partial charge in [-0.25, -0.2) is 0 Å². The van der Waals surface area contributed by atoms with Crippen LogP contribution in [-0.2, 0) is 21.7 Å². The van der Waals surface area contributed by atoms with Crippen molar-refractivity contribution < 1.29 is 11.0 Å². The van der Waals surface area contributed by atoms with Crippen LogP contribution in [0.25, 0.3) is 148 Å². The highest BCUT2D eigenvalue weighted by Gasteiger charge is 2.45. The molecule has 0 atom stereocenters. The van der Waals surface area contributed by atoms with Crippen LogP contribution in [0.5, 0.6) is 0 Å². The topological polar surface area (TPSA) is 29.5 Å². The molecule has 1 N–H and O–H groups in total. The summed E-state index contributed by atoms with van der Waals surface area (Å²) in [5.74, 6) is 0. The number of nitrogens with one attached hydrogen (secondary N) is 1. The Bertz CT molecular complexity index is 7670. The van der Waals surface area contributed by atoms with Crippen molar-refractivity contribution in [2.45, 2.75) is 105 Å². The molecule has 15 aromatic carbocycles. The zero-order valence-corrected chi connectivity index (χ0v) is 65.2. The maximum atomic E-state index is 10.1. The lowest BCUT2D eigenvalue weighted by molar-refractivity contribution is 0.569. The highest BCUT2D eigenvalue weighted by molar-refractivity contribution is 7.00. The van der Waals surface area contributed by atoms with Crippen molar-refractivity contribution in [3.05, 3.63) is 331 Å². The molecule has 0 aliphatic carbocycles. The Morgan fingerprint density at radius 1 is 0.312 bits per heavy atom. The van der Waals surface area contributed by atoms with Crippen LogP contribution < -0.4 is 26.6 Å². The van der Waals surface area contributed by atoms with E-state index < -0.39 is 43.0 Å². The predicted molar refractivity (Wildman–Crippen MR) is 483 cm³/mol. The van der Waals surface area contributed by atoms with Crippen molar-refractivity contribution in [3.63, 3.8) is 0 Å². The number of fused-ring (bicyclic) bond motifs is 21. The number of para-hydroxylation sites is 4. The van der Waals surface area contributed by atoms with Gasteiger partial charge in [0.2, 0.25) is 0 Å². The smallest absolute Gasteiger partial charge is 0.252 e. The molecule has 4 aromatic heterocycles. The zero-order valence-electron chi connectivity index (χ0n) is 73.2. The number of hydrogen-bond donors (Lipinski definition) is 1. The van der Waals surface area contributed by atoms with Crippen molar-refractivity contribution in [1.82, 2.24) is 13.5 Å². The summed E-state index contributed by atoms with van der Waals surface area (Å²) in [6.07, 6.45) is 0. The van der Waals surface area contributed by atoms with Crippen LogP contribution in [0, 0.1) is 0 Å². The summed E-state index contributed by atoms with van der Waals surface area (Å²) in [6.45, 7) is 26.7. The molecule has 5 nitrogen and oxygen atoms in total. The molecular formula is C106H88BN5. The molecule has 540 valence electrons. The lowest BCUT2D eigenvalue weighted by atomic mass is 9.33. The first-order chi connectivity index (χ1) is 57.4. The van der Waals surface area contributed by atoms with E-state index >= 15 is 0 Å². The second-order valence-electron chi connectivity index (χ2n) is 35.2. The fourth-order valence-electron chi connectivity index (χ4n) is 18.5. The molecule has 19 aromatic rings. The van der Waals surface area contributed by atoms with E-state index in [1.54, 1.807) is 4.57 Å². The summed E-state index contributed by atoms with van der Waals surface area (Å²) in [7, 11) is 0. The molecule has 112 heavy (non-hydrogen) atoms. The third-order valence-electron chi connectivity index (χ3n) is 24.2. The number of aromatic nitrogens is 3. The number of rotatable bonds is 7. The number of nitrogens with zero attached hydrogens (tertiary/aromatic N) is 4. The molecule has 0 amide bonds. The highest BCUT2D eigenvalue weighted by Crippen LogP contribution is 2.52. The summed E-state index contributed by atoms with van der Waals surface area (Å²) < 4.78 is 83.8. The fourth-order valence-corrected chi connectivity index (χ4v) is 18.5. The Balaban J connectivity index is 0.968. The Kier molecular flexibility index (Phi) is 12.9. The van der Waals surface area contributed by atoms with Crippen molar-refractivity contribution in [1.29, 1.82) is 0 Å². The maximum Gasteiger partial charge on any atom is 0.252 e. The lowest BCUT2D eigenvalue weighted by Gasteiger charge is -2.41. The Morgan fingerprint density at radius 3 is 1.55 bits per heavy atom. The van der Waals surface area contributed by atoms with E-state index in [9.17, 15) is 11.0 Å². The van der Waals surface area contributed by atoms with Gasteiger partial charge in [-0.2, -0.15) is 0 Å². The van der Waals surface area contributed by atoms with Crippen LogP contribution in [0.15, 0.2) is 309 Å². The molecule has 6 heterocycles. The lowest BCUT2D eigenvalue weighted by Crippen LogP contribution is -2.60. The minimum atomic E-state index is -0.588. The number of anilines is 5. The van der Waals surface area contributed by atoms with Gasteiger partial charge in [-0.1, -0.05) is 307 Å². The van der Waals surface area contributed by atoms with Crippen molar-refractivity contribution >= 4 is 155 Å². The molecule has 2 aliphatic heterocycles. The third-order valence-corrected chi connectivity index (χ3v) is 24.2. The minimum Gasteiger partial charge on any atom is -0.355 e. The van der Waals surface area contributed by atoms with Crippen LogP contribution in [0.2, 0.25) is 0 Å². The van der Waals surface area contributed by atoms with E-state index in [1.165, 1.54) is 22.3 Å². The second kappa shape index (κ2) is 24.4. The van der Waals surface area contributed by atoms with E-state index in [1.807, 2.05) is 0 Å². The number of benzene rings is 15. The largest absolute Gasteiger partial charge is 0.355 e. The Morgan fingerprint density at radius 2 is 0.875 bits per heavy atom. The van der Waals surface area contributed by atoms with Gasteiger partial charge in [-0.15, -0.1) is 0 Å². The SMILES string of the molecule is [2H]c1c([2H])c([2H])c2c(c1[2H])c1c([2H])c([2H])c([2H])c([2H])c1n2-c1cc2c3c(c1)c1cc(Nc4ccc(C(C)(C)C)cc4-c4cccc(C(C)(C)C)c4)ccc1n3-c1cc3c(c4c1B2c1ccc(-c2cc(C(C)(C)C)cc(C(C)(C)C)c2)cc1N4c1ccc(-c2ccccc2)cc1)c1cccc2c4ccccc4c4ccccc4c4ccccc4n3c21. The zero-order chi connectivity index (χ0) is 83.1. The second-order valence-corrected chi connectivity index (χ2v) is 35.2. The predicted octanol–water partition coefficient (Wildman–Crippen LogP) is 27.0. The molecule has 6 heteroatoms. The molecule has 21 rings (SSSR count). The van der Waals surface area contributed by atoms with Crippen molar-refractivity contribution in [2.75, 3.05) is 10.2 Å². The summed E-state index contributed by atoms with van der Waals surface area (Å²) in [5, 5.41) is 14.5. The summed E-state index contributed by atoms with van der Waals surface area (Å²) >= 11 is 0. The van der Waals surface area contributed by atoms with E-state index in [0.717, 1.165) is 165 Å². The van der Waals surface area contributed by atoms with Gasteiger partial charge >= 0.3 is 0 Å². The van der Waals surface area contributed by atoms with Crippen LogP contribution in [0.1, 0.15) is 116 Å². The molecule has 0 saturated heterocycles. The normalized spacial score (nSPS) is 14.1. The van der Waals surface area contributed by atoms with Gasteiger partial charge in [-0.05, 0) is 195 Å². The van der Waals surface area contributed by atoms with Crippen LogP contribution in [0.3, 0.4) is 0 Å². The van der Waals surface area contributed by atoms with Crippen LogP contribution in [-0.4, -0.2) is 20.2 Å². The first-order valence-corrected chi connectivity index (χ1v) is 39.3. The standard InChI is InChI=1S/C106H88BN5/c1-103(2,3)69-31-26-30-67(54-69)85-59-70(104(4,5)6)47-52-90(85)108-73-48-53-94-86(60-73)87-61-75(109-91-41-23-21-37-81(91)82-38-22-24-42-92(82)109)62-89-101(87)112(94)97-63-96-98(84-40-27-39-83-79-35-19-17-33-77(79)76-32-16-18-34-78(76)80-36-20-25-43-93(80)111(96)100(83)84)102-99(97)107(89)88-51-46-66(68-55-71(105(7,8)9)58-72(56-68)106(10,11)12)57-95(88)110(102)74-49-44-65(45-50-74)64-28-14-13-15-29-64/h13-63,108H,1-12H3/i21D,22D,23D,24D,37D,38D,41D,42D. The first-order valence-electron chi connectivity index (χ1n) is 43.3. The third kappa shape index (κ3) is 10.4. The molecule has 0 unspecified atom stereocenters. The Labute approximate surface area is 666 Å². The molecule has 0 spiro atoms. The minimum absolute atomic E-state index is 0.0136. The van der Waals surface area contributed by atoms with Gasteiger partial charge in [0, 0.05) is 88.3 Å². The van der Waals surface area contributed by atoms with Crippen molar-refractivity contribution in [3.8, 4) is 44.8 Å². The molecule has 2 aliphatic rings. The summed E-state index contributed by atoms with van der Waals surface area (Å²) in [4.78, 5) is 2.56. The quantitative estimate of drug-likeness (QED) is 0.161. The highest BCUT2D eigenvalue weighted by atomic mass is 15.2. The van der Waals surface area contributed by atoms with Gasteiger partial charge in [0.1, 0.15) is 0 Å². The molecular weight excluding hydrogens is 1350 g/mol. The number of hydrogen-bond acceptors (Lipinski definition) is 2.